The van der Waals surface area contributed by atoms with E-state index in [-0.39, 0.29) is 17.0 Å². The molecule has 0 N–H and O–H groups in total. The molecule has 94 valence electrons. The van der Waals surface area contributed by atoms with Crippen LogP contribution in [0.2, 0.25) is 0 Å². The molecule has 0 aromatic carbocycles. The molecule has 4 heteroatoms. The van der Waals surface area contributed by atoms with Crippen molar-refractivity contribution in [2.45, 2.75) is 26.2 Å². The van der Waals surface area contributed by atoms with E-state index < -0.39 is 0 Å². The Bertz CT molecular complexity index is 362. The molecule has 0 heterocycles. The van der Waals surface area contributed by atoms with Crippen molar-refractivity contribution >= 4 is 22.8 Å². The summed E-state index contributed by atoms with van der Waals surface area (Å²) in [6.07, 6.45) is 5.32. The van der Waals surface area contributed by atoms with Gasteiger partial charge in [-0.3, -0.25) is 4.79 Å². The summed E-state index contributed by atoms with van der Waals surface area (Å²) >= 11 is 1.32. The number of rotatable bonds is 3. The monoisotopic (exact) mass is 254 g/mol. The molecule has 0 spiro atoms. The molecule has 0 radical (unpaired) electrons. The van der Waals surface area contributed by atoms with Crippen LogP contribution in [0.3, 0.4) is 0 Å². The lowest BCUT2D eigenvalue weighted by Gasteiger charge is -2.19. The molecule has 0 amide bonds. The van der Waals surface area contributed by atoms with E-state index >= 15 is 0 Å². The number of methoxy groups -OCH3 is 1. The summed E-state index contributed by atoms with van der Waals surface area (Å²) in [4.78, 5) is 23.8. The van der Waals surface area contributed by atoms with E-state index in [1.807, 2.05) is 13.0 Å². The fraction of sp³-hybridized carbons (Fsp3) is 0.692. The second-order valence-electron chi connectivity index (χ2n) is 4.60. The van der Waals surface area contributed by atoms with Gasteiger partial charge in [-0.25, -0.2) is 4.79 Å². The summed E-state index contributed by atoms with van der Waals surface area (Å²) in [7, 11) is 1.38. The smallest absolute Gasteiger partial charge is 0.334 e. The maximum atomic E-state index is 12.1. The van der Waals surface area contributed by atoms with Gasteiger partial charge in [0.05, 0.1) is 13.0 Å². The van der Waals surface area contributed by atoms with Crippen molar-refractivity contribution in [1.29, 1.82) is 0 Å². The number of hydrogen-bond donors (Lipinski definition) is 0. The van der Waals surface area contributed by atoms with Crippen LogP contribution in [0.1, 0.15) is 26.2 Å². The van der Waals surface area contributed by atoms with Gasteiger partial charge in [-0.15, -0.1) is 0 Å². The van der Waals surface area contributed by atoms with Gasteiger partial charge in [0.15, 0.2) is 5.12 Å². The van der Waals surface area contributed by atoms with Crippen LogP contribution in [-0.4, -0.2) is 23.9 Å². The quantitative estimate of drug-likeness (QED) is 0.725. The van der Waals surface area contributed by atoms with Crippen LogP contribution in [0.4, 0.5) is 0 Å². The van der Waals surface area contributed by atoms with Crippen molar-refractivity contribution in [2.24, 2.45) is 17.8 Å². The Kier molecular flexibility index (Phi) is 3.92. The minimum Gasteiger partial charge on any atom is -0.466 e. The van der Waals surface area contributed by atoms with E-state index in [0.29, 0.717) is 17.4 Å². The van der Waals surface area contributed by atoms with E-state index in [1.165, 1.54) is 25.3 Å². The maximum absolute atomic E-state index is 12.1. The Hall–Kier alpha value is -0.770. The third-order valence-corrected chi connectivity index (χ3v) is 4.57. The first-order valence-corrected chi connectivity index (χ1v) is 7.14. The van der Waals surface area contributed by atoms with Crippen molar-refractivity contribution in [2.75, 3.05) is 12.9 Å². The van der Waals surface area contributed by atoms with Crippen LogP contribution in [0.5, 0.6) is 0 Å². The summed E-state index contributed by atoms with van der Waals surface area (Å²) in [6, 6.07) is 0. The molecule has 0 unspecified atom stereocenters. The zero-order valence-corrected chi connectivity index (χ0v) is 11.1. The molecule has 0 bridgehead atoms. The second kappa shape index (κ2) is 5.25. The zero-order chi connectivity index (χ0) is 12.4. The standard InChI is InChI=1S/C13H18O3S/c1-3-17-13(15)11-9-6-4-5-8(9)7-10(11)12(14)16-2/h7-9,11H,3-6H2,1-2H3/t8-,9-,11+/m1/s1. The summed E-state index contributed by atoms with van der Waals surface area (Å²) in [5, 5.41) is 0.138. The average molecular weight is 254 g/mol. The second-order valence-corrected chi connectivity index (χ2v) is 5.87. The van der Waals surface area contributed by atoms with Crippen LogP contribution in [0, 0.1) is 17.8 Å². The van der Waals surface area contributed by atoms with Crippen molar-refractivity contribution in [3.05, 3.63) is 11.6 Å². The number of carbonyl (C=O) groups excluding carboxylic acids is 2. The fourth-order valence-electron chi connectivity index (χ4n) is 3.05. The number of ether oxygens (including phenoxy) is 1. The highest BCUT2D eigenvalue weighted by Gasteiger charge is 2.45. The van der Waals surface area contributed by atoms with Crippen LogP contribution < -0.4 is 0 Å². The minimum absolute atomic E-state index is 0.138. The van der Waals surface area contributed by atoms with E-state index in [0.717, 1.165) is 18.6 Å². The van der Waals surface area contributed by atoms with E-state index in [1.54, 1.807) is 0 Å². The van der Waals surface area contributed by atoms with Crippen LogP contribution in [-0.2, 0) is 14.3 Å². The first kappa shape index (κ1) is 12.7. The summed E-state index contributed by atoms with van der Waals surface area (Å²) in [6.45, 7) is 1.96. The average Bonchev–Trinajstić information content (AvgIpc) is 2.87. The molecule has 0 aromatic heterocycles. The molecular weight excluding hydrogens is 236 g/mol. The predicted molar refractivity (Wildman–Crippen MR) is 67.6 cm³/mol. The normalized spacial score (nSPS) is 30.9. The predicted octanol–water partition coefficient (Wildman–Crippen LogP) is 2.41. The van der Waals surface area contributed by atoms with Gasteiger partial charge >= 0.3 is 5.97 Å². The molecule has 1 saturated carbocycles. The van der Waals surface area contributed by atoms with Gasteiger partial charge in [-0.2, -0.15) is 0 Å². The van der Waals surface area contributed by atoms with Gasteiger partial charge < -0.3 is 4.74 Å². The summed E-state index contributed by atoms with van der Waals surface area (Å²) in [5.41, 5.74) is 0.605. The largest absolute Gasteiger partial charge is 0.466 e. The van der Waals surface area contributed by atoms with Gasteiger partial charge in [0.2, 0.25) is 0 Å². The Morgan fingerprint density at radius 1 is 1.47 bits per heavy atom. The van der Waals surface area contributed by atoms with E-state index in [9.17, 15) is 9.59 Å². The molecule has 2 aliphatic rings. The van der Waals surface area contributed by atoms with Crippen molar-refractivity contribution in [3.8, 4) is 0 Å². The fourth-order valence-corrected chi connectivity index (χ4v) is 3.82. The molecule has 0 saturated heterocycles. The molecule has 1 fully saturated rings. The van der Waals surface area contributed by atoms with Crippen molar-refractivity contribution in [1.82, 2.24) is 0 Å². The van der Waals surface area contributed by atoms with Crippen LogP contribution in [0.25, 0.3) is 0 Å². The van der Waals surface area contributed by atoms with Gasteiger partial charge in [-0.1, -0.05) is 31.2 Å². The van der Waals surface area contributed by atoms with Crippen LogP contribution >= 0.6 is 11.8 Å². The zero-order valence-electron chi connectivity index (χ0n) is 10.3. The van der Waals surface area contributed by atoms with Gasteiger partial charge in [-0.05, 0) is 30.4 Å². The molecular formula is C13H18O3S. The van der Waals surface area contributed by atoms with Crippen molar-refractivity contribution < 1.29 is 14.3 Å². The maximum Gasteiger partial charge on any atom is 0.334 e. The molecule has 0 aliphatic heterocycles. The highest BCUT2D eigenvalue weighted by molar-refractivity contribution is 8.13. The first-order valence-electron chi connectivity index (χ1n) is 6.15. The SMILES string of the molecule is CCSC(=O)[C@@H]1C(C(=O)OC)=C[C@H]2CCC[C@@H]12. The molecule has 3 atom stereocenters. The summed E-state index contributed by atoms with van der Waals surface area (Å²) < 4.78 is 4.79. The lowest BCUT2D eigenvalue weighted by atomic mass is 9.89. The summed E-state index contributed by atoms with van der Waals surface area (Å²) in [5.74, 6) is 0.974. The Morgan fingerprint density at radius 3 is 2.88 bits per heavy atom. The number of fused-ring (bicyclic) bond motifs is 1. The number of thioether (sulfide) groups is 1. The van der Waals surface area contributed by atoms with Gasteiger partial charge in [0, 0.05) is 5.57 Å². The van der Waals surface area contributed by atoms with Crippen LogP contribution in [0.15, 0.2) is 11.6 Å². The highest BCUT2D eigenvalue weighted by atomic mass is 32.2. The van der Waals surface area contributed by atoms with E-state index in [2.05, 4.69) is 0 Å². The lowest BCUT2D eigenvalue weighted by Crippen LogP contribution is -2.24. The lowest BCUT2D eigenvalue weighted by molar-refractivity contribution is -0.137. The Morgan fingerprint density at radius 2 is 2.24 bits per heavy atom. The molecule has 2 rings (SSSR count). The topological polar surface area (TPSA) is 43.4 Å². The Balaban J connectivity index is 2.22. The number of carbonyl (C=O) groups is 2. The van der Waals surface area contributed by atoms with Crippen molar-refractivity contribution in [3.63, 3.8) is 0 Å². The molecule has 2 aliphatic carbocycles. The third kappa shape index (κ3) is 2.28. The number of allylic oxidation sites excluding steroid dienone is 1. The van der Waals surface area contributed by atoms with Gasteiger partial charge in [0.1, 0.15) is 0 Å². The number of hydrogen-bond acceptors (Lipinski definition) is 4. The van der Waals surface area contributed by atoms with E-state index in [4.69, 9.17) is 4.74 Å². The third-order valence-electron chi connectivity index (χ3n) is 3.74. The Labute approximate surface area is 106 Å². The molecule has 17 heavy (non-hydrogen) atoms. The van der Waals surface area contributed by atoms with Gasteiger partial charge in [0.25, 0.3) is 0 Å². The highest BCUT2D eigenvalue weighted by Crippen LogP contribution is 2.48. The number of esters is 1. The molecule has 0 aromatic rings. The molecule has 3 nitrogen and oxygen atoms in total. The minimum atomic E-state index is -0.325. The first-order chi connectivity index (χ1) is 8.19.